The first-order valence-corrected chi connectivity index (χ1v) is 21.3. The van der Waals surface area contributed by atoms with E-state index in [4.69, 9.17) is 4.43 Å². The Bertz CT molecular complexity index is 418. The summed E-state index contributed by atoms with van der Waals surface area (Å²) in [4.78, 5) is 19.5. The molecule has 0 saturated carbocycles. The fourth-order valence-corrected chi connectivity index (χ4v) is 6.76. The zero-order valence-electron chi connectivity index (χ0n) is 16.8. The Morgan fingerprint density at radius 3 is 1.82 bits per heavy atom. The van der Waals surface area contributed by atoms with Gasteiger partial charge in [-0.2, -0.15) is 0 Å². The van der Waals surface area contributed by atoms with Gasteiger partial charge in [-0.3, -0.25) is 0 Å². The number of hydrogen-bond donors (Lipinski definition) is 0. The minimum absolute atomic E-state index is 0.239. The van der Waals surface area contributed by atoms with Crippen LogP contribution in [0, 0.1) is 5.41 Å². The van der Waals surface area contributed by atoms with Crippen molar-refractivity contribution in [2.24, 2.45) is 5.41 Å². The fraction of sp³-hybridized carbons (Fsp3) is 0.833. The average Bonchev–Trinajstić information content (AvgIpc) is 2.22. The monoisotopic (exact) mass is 434 g/mol. The van der Waals surface area contributed by atoms with Crippen LogP contribution in [0.1, 0.15) is 48.0 Å². The summed E-state index contributed by atoms with van der Waals surface area (Å²) in [6.45, 7) is 18.1. The minimum atomic E-state index is -2.26. The van der Waals surface area contributed by atoms with Crippen molar-refractivity contribution >= 4 is 32.5 Å². The summed E-state index contributed by atoms with van der Waals surface area (Å²) >= 11 is -2.26. The second-order valence-corrected chi connectivity index (χ2v) is 29.4. The van der Waals surface area contributed by atoms with Crippen LogP contribution in [-0.2, 0) is 9.22 Å². The van der Waals surface area contributed by atoms with Gasteiger partial charge in [-0.05, 0) is 0 Å². The molecule has 2 nitrogen and oxygen atoms in total. The fourth-order valence-electron chi connectivity index (χ4n) is 1.67. The Morgan fingerprint density at radius 1 is 1.05 bits per heavy atom. The number of allylic oxidation sites excluding steroid dienone is 1. The second-order valence-electron chi connectivity index (χ2n) is 9.89. The van der Waals surface area contributed by atoms with E-state index >= 15 is 0 Å². The van der Waals surface area contributed by atoms with Gasteiger partial charge in [-0.1, -0.05) is 0 Å². The molecule has 0 fully saturated rings. The summed E-state index contributed by atoms with van der Waals surface area (Å²) in [7, 11) is -1.70. The summed E-state index contributed by atoms with van der Waals surface area (Å²) in [5.74, 6) is 0.251. The van der Waals surface area contributed by atoms with Crippen LogP contribution in [0.5, 0.6) is 0 Å². The molecule has 0 aliphatic heterocycles. The molecule has 0 bridgehead atoms. The van der Waals surface area contributed by atoms with Crippen molar-refractivity contribution in [1.29, 1.82) is 0 Å². The van der Waals surface area contributed by atoms with E-state index in [0.29, 0.717) is 0 Å². The molecule has 0 aliphatic rings. The Balaban J connectivity index is 5.01. The summed E-state index contributed by atoms with van der Waals surface area (Å²) in [5, 5.41) is 0.239. The van der Waals surface area contributed by atoms with Crippen LogP contribution < -0.4 is 0 Å². The quantitative estimate of drug-likeness (QED) is 0.390. The number of carbonyl (C=O) groups excluding carboxylic acids is 1. The van der Waals surface area contributed by atoms with Gasteiger partial charge >= 0.3 is 144 Å². The number of ketones is 1. The molecule has 0 aromatic carbocycles. The molecule has 0 rings (SSSR count). The third kappa shape index (κ3) is 7.30. The van der Waals surface area contributed by atoms with Crippen LogP contribution in [0.4, 0.5) is 0 Å². The normalized spacial score (nSPS) is 15.1. The standard InChI is InChI=1S/C15H29O2Si.3CH3.Sn/c1-14(2,3)13(16)11-9-10-12-17-18(7,8)15(4,5)6;;;;/h11H,10,12H2,1-8H3;3*1H3;. The van der Waals surface area contributed by atoms with E-state index in [1.807, 2.05) is 26.8 Å². The van der Waals surface area contributed by atoms with E-state index in [9.17, 15) is 4.79 Å². The topological polar surface area (TPSA) is 26.3 Å². The molecule has 4 heteroatoms. The SMILES string of the molecule is CC(C)(C)C(=O)/C=[C](/CCO[Si](C)(C)C(C)(C)C)[Sn]([CH3])([CH3])[CH3]. The van der Waals surface area contributed by atoms with Gasteiger partial charge in [-0.15, -0.1) is 0 Å². The third-order valence-electron chi connectivity index (χ3n) is 4.65. The molecule has 0 N–H and O–H groups in total. The molecule has 0 saturated heterocycles. The van der Waals surface area contributed by atoms with Crippen molar-refractivity contribution in [3.05, 3.63) is 9.67 Å². The first-order valence-electron chi connectivity index (χ1n) is 8.38. The van der Waals surface area contributed by atoms with Gasteiger partial charge in [-0.25, -0.2) is 0 Å². The van der Waals surface area contributed by atoms with Crippen LogP contribution in [0.3, 0.4) is 0 Å². The first kappa shape index (κ1) is 22.4. The van der Waals surface area contributed by atoms with Gasteiger partial charge in [0.05, 0.1) is 0 Å². The van der Waals surface area contributed by atoms with Crippen molar-refractivity contribution in [2.75, 3.05) is 6.61 Å². The summed E-state index contributed by atoms with van der Waals surface area (Å²) in [6, 6.07) is 0. The number of carbonyl (C=O) groups is 1. The molecule has 0 atom stereocenters. The third-order valence-corrected chi connectivity index (χ3v) is 15.8. The number of hydrogen-bond acceptors (Lipinski definition) is 2. The molecular formula is C18H38O2SiSn. The molecule has 22 heavy (non-hydrogen) atoms. The van der Waals surface area contributed by atoms with Crippen molar-refractivity contribution < 1.29 is 9.22 Å². The average molecular weight is 433 g/mol. The summed E-state index contributed by atoms with van der Waals surface area (Å²) in [6.07, 6.45) is 2.87. The Morgan fingerprint density at radius 2 is 1.50 bits per heavy atom. The van der Waals surface area contributed by atoms with Gasteiger partial charge < -0.3 is 0 Å². The maximum atomic E-state index is 12.4. The molecule has 0 heterocycles. The van der Waals surface area contributed by atoms with Crippen LogP contribution in [-0.4, -0.2) is 39.1 Å². The Kier molecular flexibility index (Phi) is 7.65. The summed E-state index contributed by atoms with van der Waals surface area (Å²) in [5.41, 5.74) is -0.289. The molecule has 0 aliphatic carbocycles. The predicted molar refractivity (Wildman–Crippen MR) is 104 cm³/mol. The predicted octanol–water partition coefficient (Wildman–Crippen LogP) is 5.82. The molecule has 130 valence electrons. The number of rotatable bonds is 6. The molecule has 0 aromatic rings. The van der Waals surface area contributed by atoms with Crippen molar-refractivity contribution in [3.8, 4) is 0 Å². The van der Waals surface area contributed by atoms with Gasteiger partial charge in [0.2, 0.25) is 0 Å². The van der Waals surface area contributed by atoms with Gasteiger partial charge in [0, 0.05) is 0 Å². The molecule has 0 amide bonds. The van der Waals surface area contributed by atoms with Crippen LogP contribution in [0.2, 0.25) is 33.0 Å². The zero-order chi connectivity index (χ0) is 18.0. The maximum absolute atomic E-state index is 12.4. The van der Waals surface area contributed by atoms with E-state index < -0.39 is 26.7 Å². The van der Waals surface area contributed by atoms with Crippen molar-refractivity contribution in [1.82, 2.24) is 0 Å². The zero-order valence-corrected chi connectivity index (χ0v) is 20.7. The van der Waals surface area contributed by atoms with Crippen molar-refractivity contribution in [2.45, 2.75) is 80.9 Å². The van der Waals surface area contributed by atoms with Crippen LogP contribution in [0.25, 0.3) is 0 Å². The molecule has 0 radical (unpaired) electrons. The molecule has 0 unspecified atom stereocenters. The Hall–Kier alpha value is 0.386. The van der Waals surface area contributed by atoms with Gasteiger partial charge in [0.15, 0.2) is 0 Å². The van der Waals surface area contributed by atoms with E-state index in [2.05, 4.69) is 48.7 Å². The first-order chi connectivity index (χ1) is 9.48. The van der Waals surface area contributed by atoms with E-state index in [1.165, 1.54) is 3.59 Å². The van der Waals surface area contributed by atoms with Crippen LogP contribution in [0.15, 0.2) is 9.67 Å². The Labute approximate surface area is 144 Å². The molecular weight excluding hydrogens is 395 g/mol. The van der Waals surface area contributed by atoms with Gasteiger partial charge in [0.25, 0.3) is 0 Å². The molecule has 0 aromatic heterocycles. The molecule has 0 spiro atoms. The van der Waals surface area contributed by atoms with Crippen LogP contribution >= 0.6 is 0 Å². The van der Waals surface area contributed by atoms with Crippen molar-refractivity contribution in [3.63, 3.8) is 0 Å². The van der Waals surface area contributed by atoms with Gasteiger partial charge in [0.1, 0.15) is 0 Å². The van der Waals surface area contributed by atoms with E-state index in [0.717, 1.165) is 13.0 Å². The van der Waals surface area contributed by atoms with E-state index in [1.54, 1.807) is 0 Å². The second kappa shape index (κ2) is 7.52. The van der Waals surface area contributed by atoms with E-state index in [-0.39, 0.29) is 16.2 Å². The summed E-state index contributed by atoms with van der Waals surface area (Å²) < 4.78 is 7.70.